The highest BCUT2D eigenvalue weighted by Gasteiger charge is 2.23. The van der Waals surface area contributed by atoms with Crippen molar-refractivity contribution in [2.24, 2.45) is 0 Å². The summed E-state index contributed by atoms with van der Waals surface area (Å²) in [7, 11) is 0. The van der Waals surface area contributed by atoms with Crippen LogP contribution in [0, 0.1) is 3.57 Å². The lowest BCUT2D eigenvalue weighted by molar-refractivity contribution is 0.0924. The third-order valence-corrected chi connectivity index (χ3v) is 4.32. The van der Waals surface area contributed by atoms with Crippen molar-refractivity contribution >= 4 is 28.5 Å². The molecule has 1 aliphatic rings. The quantitative estimate of drug-likeness (QED) is 0.811. The molecule has 1 aliphatic heterocycles. The topological polar surface area (TPSA) is 38.3 Å². The van der Waals surface area contributed by atoms with Gasteiger partial charge in [0.05, 0.1) is 18.2 Å². The Labute approximate surface area is 131 Å². The van der Waals surface area contributed by atoms with Crippen molar-refractivity contribution in [2.75, 3.05) is 6.61 Å². The maximum Gasteiger partial charge on any atom is 0.252 e. The molecule has 0 saturated carbocycles. The average molecular weight is 379 g/mol. The van der Waals surface area contributed by atoms with Crippen LogP contribution in [0.1, 0.15) is 28.4 Å². The van der Waals surface area contributed by atoms with Crippen molar-refractivity contribution < 1.29 is 9.53 Å². The molecule has 0 spiro atoms. The molecule has 1 atom stereocenters. The molecule has 0 fully saturated rings. The van der Waals surface area contributed by atoms with Crippen LogP contribution in [0.3, 0.4) is 0 Å². The first kappa shape index (κ1) is 13.4. The van der Waals surface area contributed by atoms with Gasteiger partial charge in [0.2, 0.25) is 0 Å². The highest BCUT2D eigenvalue weighted by molar-refractivity contribution is 14.1. The van der Waals surface area contributed by atoms with Crippen LogP contribution in [0.2, 0.25) is 0 Å². The summed E-state index contributed by atoms with van der Waals surface area (Å²) in [5.74, 6) is 0.837. The smallest absolute Gasteiger partial charge is 0.252 e. The molecule has 4 heteroatoms. The van der Waals surface area contributed by atoms with Gasteiger partial charge in [0, 0.05) is 15.6 Å². The Morgan fingerprint density at radius 1 is 1.15 bits per heavy atom. The Bertz CT molecular complexity index is 642. The molecule has 2 aromatic rings. The molecule has 1 N–H and O–H groups in total. The fraction of sp³-hybridized carbons (Fsp3) is 0.188. The van der Waals surface area contributed by atoms with Crippen LogP contribution in [0.5, 0.6) is 5.75 Å². The largest absolute Gasteiger partial charge is 0.493 e. The van der Waals surface area contributed by atoms with Crippen LogP contribution in [-0.4, -0.2) is 12.5 Å². The fourth-order valence-electron chi connectivity index (χ4n) is 2.37. The number of fused-ring (bicyclic) bond motifs is 1. The zero-order chi connectivity index (χ0) is 13.9. The van der Waals surface area contributed by atoms with Crippen LogP contribution in [0.4, 0.5) is 0 Å². The van der Waals surface area contributed by atoms with E-state index in [1.807, 2.05) is 48.5 Å². The van der Waals surface area contributed by atoms with E-state index in [4.69, 9.17) is 4.74 Å². The van der Waals surface area contributed by atoms with Gasteiger partial charge in [-0.05, 0) is 40.8 Å². The van der Waals surface area contributed by atoms with Gasteiger partial charge in [-0.25, -0.2) is 0 Å². The number of rotatable bonds is 2. The van der Waals surface area contributed by atoms with Gasteiger partial charge in [0.1, 0.15) is 5.75 Å². The van der Waals surface area contributed by atoms with Crippen molar-refractivity contribution in [2.45, 2.75) is 12.5 Å². The number of hydrogen-bond acceptors (Lipinski definition) is 2. The number of ether oxygens (including phenoxy) is 1. The van der Waals surface area contributed by atoms with Crippen molar-refractivity contribution in [3.05, 3.63) is 63.2 Å². The second-order valence-electron chi connectivity index (χ2n) is 4.68. The summed E-state index contributed by atoms with van der Waals surface area (Å²) in [6, 6.07) is 15.5. The second kappa shape index (κ2) is 5.83. The SMILES string of the molecule is O=C(NC1CCOc2ccccc21)c1ccccc1I. The Morgan fingerprint density at radius 2 is 1.90 bits per heavy atom. The van der Waals surface area contributed by atoms with Crippen LogP contribution in [0.15, 0.2) is 48.5 Å². The number of benzene rings is 2. The molecule has 1 unspecified atom stereocenters. The number of hydrogen-bond donors (Lipinski definition) is 1. The van der Waals surface area contributed by atoms with E-state index in [2.05, 4.69) is 27.9 Å². The highest BCUT2D eigenvalue weighted by atomic mass is 127. The molecule has 0 saturated heterocycles. The first-order chi connectivity index (χ1) is 9.75. The minimum absolute atomic E-state index is 0.0171. The molecule has 1 amide bonds. The van der Waals surface area contributed by atoms with E-state index in [1.165, 1.54) is 0 Å². The van der Waals surface area contributed by atoms with Gasteiger partial charge >= 0.3 is 0 Å². The van der Waals surface area contributed by atoms with E-state index < -0.39 is 0 Å². The zero-order valence-electron chi connectivity index (χ0n) is 10.8. The van der Waals surface area contributed by atoms with E-state index in [0.717, 1.165) is 26.9 Å². The predicted octanol–water partition coefficient (Wildman–Crippen LogP) is 3.54. The Balaban J connectivity index is 1.83. The molecule has 1 heterocycles. The molecule has 2 aromatic carbocycles. The minimum Gasteiger partial charge on any atom is -0.493 e. The minimum atomic E-state index is -0.0308. The highest BCUT2D eigenvalue weighted by Crippen LogP contribution is 2.31. The lowest BCUT2D eigenvalue weighted by atomic mass is 10.00. The van der Waals surface area contributed by atoms with Crippen LogP contribution in [-0.2, 0) is 0 Å². The third kappa shape index (κ3) is 2.65. The van der Waals surface area contributed by atoms with E-state index in [1.54, 1.807) is 0 Å². The van der Waals surface area contributed by atoms with Gasteiger partial charge in [0.25, 0.3) is 5.91 Å². The van der Waals surface area contributed by atoms with Crippen LogP contribution < -0.4 is 10.1 Å². The molecule has 3 rings (SSSR count). The van der Waals surface area contributed by atoms with Gasteiger partial charge in [-0.15, -0.1) is 0 Å². The first-order valence-corrected chi connectivity index (χ1v) is 7.60. The van der Waals surface area contributed by atoms with Crippen molar-refractivity contribution in [1.29, 1.82) is 0 Å². The Hall–Kier alpha value is -1.56. The molecule has 20 heavy (non-hydrogen) atoms. The first-order valence-electron chi connectivity index (χ1n) is 6.53. The molecule has 3 nitrogen and oxygen atoms in total. The predicted molar refractivity (Wildman–Crippen MR) is 85.9 cm³/mol. The lowest BCUT2D eigenvalue weighted by Crippen LogP contribution is -2.32. The number of carbonyl (C=O) groups excluding carboxylic acids is 1. The summed E-state index contributed by atoms with van der Waals surface area (Å²) in [4.78, 5) is 12.4. The van der Waals surface area contributed by atoms with E-state index in [0.29, 0.717) is 6.61 Å². The summed E-state index contributed by atoms with van der Waals surface area (Å²) in [5, 5.41) is 3.11. The van der Waals surface area contributed by atoms with E-state index in [-0.39, 0.29) is 11.9 Å². The van der Waals surface area contributed by atoms with Crippen LogP contribution in [0.25, 0.3) is 0 Å². The maximum absolute atomic E-state index is 12.4. The van der Waals surface area contributed by atoms with Gasteiger partial charge < -0.3 is 10.1 Å². The lowest BCUT2D eigenvalue weighted by Gasteiger charge is -2.26. The third-order valence-electron chi connectivity index (χ3n) is 3.38. The molecule has 102 valence electrons. The van der Waals surface area contributed by atoms with Crippen LogP contribution >= 0.6 is 22.6 Å². The maximum atomic E-state index is 12.4. The van der Waals surface area contributed by atoms with Crippen molar-refractivity contribution in [1.82, 2.24) is 5.32 Å². The molecule has 0 radical (unpaired) electrons. The van der Waals surface area contributed by atoms with Crippen molar-refractivity contribution in [3.8, 4) is 5.75 Å². The second-order valence-corrected chi connectivity index (χ2v) is 5.84. The number of nitrogens with one attached hydrogen (secondary N) is 1. The number of amides is 1. The van der Waals surface area contributed by atoms with Gasteiger partial charge in [0.15, 0.2) is 0 Å². The summed E-state index contributed by atoms with van der Waals surface area (Å²) in [6.07, 6.45) is 0.798. The molecule has 0 aliphatic carbocycles. The van der Waals surface area contributed by atoms with Gasteiger partial charge in [-0.1, -0.05) is 30.3 Å². The monoisotopic (exact) mass is 379 g/mol. The fourth-order valence-corrected chi connectivity index (χ4v) is 3.01. The normalized spacial score (nSPS) is 16.9. The Morgan fingerprint density at radius 3 is 2.75 bits per heavy atom. The van der Waals surface area contributed by atoms with Gasteiger partial charge in [-0.3, -0.25) is 4.79 Å². The summed E-state index contributed by atoms with van der Waals surface area (Å²) in [5.41, 5.74) is 1.77. The molecule has 0 bridgehead atoms. The molecule has 0 aromatic heterocycles. The summed E-state index contributed by atoms with van der Waals surface area (Å²) < 4.78 is 6.57. The molecular weight excluding hydrogens is 365 g/mol. The standard InChI is InChI=1S/C16H14INO2/c17-13-7-3-1-5-11(13)16(19)18-14-9-10-20-15-8-4-2-6-12(14)15/h1-8,14H,9-10H2,(H,18,19). The molecular formula is C16H14INO2. The number of carbonyl (C=O) groups is 1. The Kier molecular flexibility index (Phi) is 3.91. The van der Waals surface area contributed by atoms with E-state index in [9.17, 15) is 4.79 Å². The van der Waals surface area contributed by atoms with Crippen molar-refractivity contribution in [3.63, 3.8) is 0 Å². The van der Waals surface area contributed by atoms with Gasteiger partial charge in [-0.2, -0.15) is 0 Å². The summed E-state index contributed by atoms with van der Waals surface area (Å²) >= 11 is 2.18. The number of para-hydroxylation sites is 1. The van der Waals surface area contributed by atoms with E-state index >= 15 is 0 Å². The number of halogens is 1. The zero-order valence-corrected chi connectivity index (χ0v) is 13.0. The average Bonchev–Trinajstić information content (AvgIpc) is 2.48. The summed E-state index contributed by atoms with van der Waals surface area (Å²) in [6.45, 7) is 0.633.